The normalized spacial score (nSPS) is 13.7. The van der Waals surface area contributed by atoms with Crippen LogP contribution in [0.3, 0.4) is 0 Å². The number of benzodiazepines with no additional fused rings is 1. The van der Waals surface area contributed by atoms with Gasteiger partial charge in [-0.2, -0.15) is 0 Å². The summed E-state index contributed by atoms with van der Waals surface area (Å²) in [4.78, 5) is 26.2. The van der Waals surface area contributed by atoms with E-state index in [2.05, 4.69) is 10.3 Å². The largest absolute Gasteiger partial charge is 0.324 e. The first-order valence-electron chi connectivity index (χ1n) is 6.44. The van der Waals surface area contributed by atoms with Gasteiger partial charge in [0.2, 0.25) is 5.91 Å². The number of carbonyl (C=O) groups is 1. The highest BCUT2D eigenvalue weighted by Crippen LogP contribution is 2.27. The fourth-order valence-electron chi connectivity index (χ4n) is 2.26. The van der Waals surface area contributed by atoms with Crippen molar-refractivity contribution in [2.75, 3.05) is 11.9 Å². The van der Waals surface area contributed by atoms with E-state index in [1.807, 2.05) is 0 Å². The van der Waals surface area contributed by atoms with Crippen molar-refractivity contribution >= 4 is 23.0 Å². The topological polar surface area (TPSA) is 84.6 Å². The first-order valence-corrected chi connectivity index (χ1v) is 6.44. The molecule has 0 fully saturated rings. The minimum atomic E-state index is -0.550. The zero-order valence-electron chi connectivity index (χ0n) is 11.2. The second-order valence-corrected chi connectivity index (χ2v) is 4.68. The molecule has 0 atom stereocenters. The van der Waals surface area contributed by atoms with Gasteiger partial charge >= 0.3 is 0 Å². The number of hydrogen-bond donors (Lipinski definition) is 1. The zero-order valence-corrected chi connectivity index (χ0v) is 11.2. The minimum absolute atomic E-state index is 0.154. The van der Waals surface area contributed by atoms with Gasteiger partial charge in [0, 0.05) is 23.3 Å². The lowest BCUT2D eigenvalue weighted by atomic mass is 9.99. The number of benzene rings is 2. The molecule has 1 aliphatic heterocycles. The fourth-order valence-corrected chi connectivity index (χ4v) is 2.26. The molecule has 0 unspecified atom stereocenters. The number of carbonyl (C=O) groups excluding carboxylic acids is 1. The molecule has 2 aromatic rings. The quantitative estimate of drug-likeness (QED) is 0.683. The second kappa shape index (κ2) is 5.36. The maximum Gasteiger partial charge on any atom is 0.270 e. The number of fused-ring (bicyclic) bond motifs is 1. The number of hydrogen-bond acceptors (Lipinski definition) is 4. The van der Waals surface area contributed by atoms with E-state index in [0.717, 1.165) is 0 Å². The molecule has 1 heterocycles. The van der Waals surface area contributed by atoms with Crippen LogP contribution in [0.2, 0.25) is 0 Å². The SMILES string of the molecule is O=C1CN=C(c2ccccc2[18F])c2cc([N+](=O)[O-])ccc2N1. The van der Waals surface area contributed by atoms with Crippen LogP contribution in [0.4, 0.5) is 15.8 Å². The van der Waals surface area contributed by atoms with Crippen molar-refractivity contribution in [2.45, 2.75) is 0 Å². The summed E-state index contributed by atoms with van der Waals surface area (Å²) in [5.74, 6) is -0.866. The van der Waals surface area contributed by atoms with Crippen molar-refractivity contribution in [1.82, 2.24) is 0 Å². The fraction of sp³-hybridized carbons (Fsp3) is 0.0667. The number of non-ortho nitro benzene ring substituents is 1. The Labute approximate surface area is 124 Å². The van der Waals surface area contributed by atoms with Gasteiger partial charge in [-0.05, 0) is 18.2 Å². The molecule has 0 aromatic heterocycles. The van der Waals surface area contributed by atoms with Gasteiger partial charge in [0.15, 0.2) is 0 Å². The van der Waals surface area contributed by atoms with Crippen LogP contribution in [-0.4, -0.2) is 23.1 Å². The van der Waals surface area contributed by atoms with Crippen LogP contribution < -0.4 is 5.32 Å². The van der Waals surface area contributed by atoms with Crippen LogP contribution in [0.1, 0.15) is 11.1 Å². The van der Waals surface area contributed by atoms with Crippen LogP contribution >= 0.6 is 0 Å². The number of nitrogens with zero attached hydrogens (tertiary/aromatic N) is 2. The molecule has 0 spiro atoms. The molecule has 6 nitrogen and oxygen atoms in total. The number of nitro groups is 1. The summed E-state index contributed by atoms with van der Waals surface area (Å²) in [5.41, 5.74) is 0.954. The summed E-state index contributed by atoms with van der Waals surface area (Å²) >= 11 is 0. The van der Waals surface area contributed by atoms with Crippen LogP contribution in [0.5, 0.6) is 0 Å². The summed E-state index contributed by atoms with van der Waals surface area (Å²) in [6.45, 7) is -0.174. The third-order valence-corrected chi connectivity index (χ3v) is 3.25. The highest BCUT2D eigenvalue weighted by atomic mass is 18.2. The highest BCUT2D eigenvalue weighted by Gasteiger charge is 2.22. The van der Waals surface area contributed by atoms with Crippen molar-refractivity contribution in [1.29, 1.82) is 0 Å². The number of rotatable bonds is 2. The molecule has 2 aromatic carbocycles. The summed E-state index contributed by atoms with van der Waals surface area (Å²) < 4.78 is 14.0. The molecule has 22 heavy (non-hydrogen) atoms. The molecule has 110 valence electrons. The molecule has 0 bridgehead atoms. The summed E-state index contributed by atoms with van der Waals surface area (Å²) in [5, 5.41) is 13.6. The molecule has 0 saturated heterocycles. The first kappa shape index (κ1) is 13.9. The number of amides is 1. The standard InChI is InChI=1S/C15H10FN3O3/c16-12-4-2-1-3-10(12)15-11-7-9(19(21)22)5-6-13(11)18-14(20)8-17-15/h1-7H,8H2,(H,18,20)/i16-1. The van der Waals surface area contributed by atoms with Gasteiger partial charge in [0.1, 0.15) is 12.4 Å². The molecule has 1 amide bonds. The predicted molar refractivity (Wildman–Crippen MR) is 78.6 cm³/mol. The number of aliphatic imine (C=N–C) groups is 1. The number of nitrogens with one attached hydrogen (secondary N) is 1. The summed E-state index contributed by atoms with van der Waals surface area (Å²) in [7, 11) is 0. The average Bonchev–Trinajstić information content (AvgIpc) is 2.65. The van der Waals surface area contributed by atoms with E-state index >= 15 is 0 Å². The van der Waals surface area contributed by atoms with Crippen molar-refractivity contribution in [2.24, 2.45) is 4.99 Å². The van der Waals surface area contributed by atoms with Crippen LogP contribution in [0, 0.1) is 15.9 Å². The monoisotopic (exact) mass is 298 g/mol. The predicted octanol–water partition coefficient (Wildman–Crippen LogP) is 2.52. The Morgan fingerprint density at radius 2 is 1.95 bits per heavy atom. The van der Waals surface area contributed by atoms with Gasteiger partial charge in [-0.15, -0.1) is 0 Å². The Morgan fingerprint density at radius 1 is 1.18 bits per heavy atom. The van der Waals surface area contributed by atoms with Crippen molar-refractivity contribution in [3.63, 3.8) is 0 Å². The lowest BCUT2D eigenvalue weighted by Crippen LogP contribution is -2.13. The Morgan fingerprint density at radius 3 is 2.68 bits per heavy atom. The molecule has 1 aliphatic rings. The first-order chi connectivity index (χ1) is 10.6. The van der Waals surface area contributed by atoms with Crippen LogP contribution in [0.25, 0.3) is 0 Å². The Balaban J connectivity index is 2.23. The Bertz CT molecular complexity index is 817. The van der Waals surface area contributed by atoms with E-state index in [9.17, 15) is 19.3 Å². The van der Waals surface area contributed by atoms with Gasteiger partial charge < -0.3 is 5.32 Å². The minimum Gasteiger partial charge on any atom is -0.324 e. The van der Waals surface area contributed by atoms with E-state index < -0.39 is 10.7 Å². The van der Waals surface area contributed by atoms with E-state index in [1.165, 1.54) is 36.4 Å². The zero-order chi connectivity index (χ0) is 15.7. The Hall–Kier alpha value is -3.09. The molecular formula is C15H10FN3O3. The van der Waals surface area contributed by atoms with Gasteiger partial charge in [-0.25, -0.2) is 4.39 Å². The lowest BCUT2D eigenvalue weighted by molar-refractivity contribution is -0.384. The summed E-state index contributed by atoms with van der Waals surface area (Å²) in [6.07, 6.45) is 0. The molecule has 3 rings (SSSR count). The molecule has 1 N–H and O–H groups in total. The Kier molecular flexibility index (Phi) is 3.38. The number of halogens is 1. The average molecular weight is 298 g/mol. The molecule has 0 radical (unpaired) electrons. The third kappa shape index (κ3) is 2.44. The van der Waals surface area contributed by atoms with Crippen molar-refractivity contribution in [3.05, 3.63) is 69.5 Å². The van der Waals surface area contributed by atoms with Crippen LogP contribution in [0.15, 0.2) is 47.5 Å². The lowest BCUT2D eigenvalue weighted by Gasteiger charge is -2.10. The van der Waals surface area contributed by atoms with E-state index in [0.29, 0.717) is 11.3 Å². The molecule has 0 aliphatic carbocycles. The second-order valence-electron chi connectivity index (χ2n) is 4.68. The third-order valence-electron chi connectivity index (χ3n) is 3.25. The van der Waals surface area contributed by atoms with E-state index in [-0.39, 0.29) is 29.4 Å². The highest BCUT2D eigenvalue weighted by molar-refractivity contribution is 6.19. The molecule has 0 saturated carbocycles. The van der Waals surface area contributed by atoms with Gasteiger partial charge in [-0.3, -0.25) is 19.9 Å². The van der Waals surface area contributed by atoms with Crippen molar-refractivity contribution < 1.29 is 14.1 Å². The van der Waals surface area contributed by atoms with Gasteiger partial charge in [0.05, 0.1) is 16.3 Å². The van der Waals surface area contributed by atoms with E-state index in [1.54, 1.807) is 6.07 Å². The maximum atomic E-state index is 14.0. The summed E-state index contributed by atoms with van der Waals surface area (Å²) in [6, 6.07) is 9.95. The molecule has 7 heteroatoms. The number of nitro benzene ring substituents is 1. The maximum absolute atomic E-state index is 14.0. The smallest absolute Gasteiger partial charge is 0.270 e. The van der Waals surface area contributed by atoms with E-state index in [4.69, 9.17) is 0 Å². The van der Waals surface area contributed by atoms with Gasteiger partial charge in [0.25, 0.3) is 5.69 Å². The van der Waals surface area contributed by atoms with Crippen LogP contribution in [-0.2, 0) is 4.79 Å². The molecular weight excluding hydrogens is 288 g/mol. The number of anilines is 1. The van der Waals surface area contributed by atoms with Crippen molar-refractivity contribution in [3.8, 4) is 0 Å². The van der Waals surface area contributed by atoms with Gasteiger partial charge in [-0.1, -0.05) is 12.1 Å².